The zero-order valence-corrected chi connectivity index (χ0v) is 11.7. The summed E-state index contributed by atoms with van der Waals surface area (Å²) in [4.78, 5) is 8.65. The van der Waals surface area contributed by atoms with Crippen molar-refractivity contribution in [2.45, 2.75) is 19.1 Å². The van der Waals surface area contributed by atoms with Gasteiger partial charge in [-0.1, -0.05) is 12.1 Å². The predicted octanol–water partition coefficient (Wildman–Crippen LogP) is 3.43. The molecule has 0 saturated carbocycles. The van der Waals surface area contributed by atoms with Gasteiger partial charge in [-0.15, -0.1) is 0 Å². The van der Waals surface area contributed by atoms with E-state index in [-0.39, 0.29) is 6.04 Å². The van der Waals surface area contributed by atoms with Crippen molar-refractivity contribution in [3.63, 3.8) is 0 Å². The van der Waals surface area contributed by atoms with Gasteiger partial charge in [0.2, 0.25) is 0 Å². The largest absolute Gasteiger partial charge is 0.416 e. The molecule has 0 bridgehead atoms. The van der Waals surface area contributed by atoms with Gasteiger partial charge < -0.3 is 10.1 Å². The first kappa shape index (κ1) is 14.5. The van der Waals surface area contributed by atoms with Gasteiger partial charge in [0.15, 0.2) is 5.65 Å². The lowest BCUT2D eigenvalue weighted by atomic mass is 10.1. The molecule has 1 aromatic carbocycles. The number of nitrogens with two attached hydrogens (primary N) is 1. The van der Waals surface area contributed by atoms with Gasteiger partial charge >= 0.3 is 6.18 Å². The maximum Gasteiger partial charge on any atom is 0.416 e. The van der Waals surface area contributed by atoms with E-state index in [0.29, 0.717) is 22.6 Å². The van der Waals surface area contributed by atoms with Crippen LogP contribution in [0.25, 0.3) is 16.9 Å². The Kier molecular flexibility index (Phi) is 3.37. The number of alkyl halides is 3. The fourth-order valence-corrected chi connectivity index (χ4v) is 2.18. The number of benzene rings is 1. The number of rotatable bonds is 2. The molecule has 0 spiro atoms. The molecule has 1 atom stereocenters. The minimum Gasteiger partial charge on any atom is -0.323 e. The highest BCUT2D eigenvalue weighted by Gasteiger charge is 2.30. The van der Waals surface area contributed by atoms with E-state index in [1.807, 2.05) is 0 Å². The molecule has 1 unspecified atom stereocenters. The van der Waals surface area contributed by atoms with Crippen LogP contribution in [0, 0.1) is 0 Å². The third-order valence-electron chi connectivity index (χ3n) is 3.34. The number of aromatic nitrogens is 3. The van der Waals surface area contributed by atoms with Gasteiger partial charge in [-0.25, -0.2) is 9.97 Å². The van der Waals surface area contributed by atoms with E-state index in [1.165, 1.54) is 12.1 Å². The standard InChI is InChI=1S/C15H13F3N4/c1-9(19)12-8-22-7-6-20-14(22)13(21-12)10-2-4-11(5-3-10)15(16,17)18/h2-9H,19H2,1H3. The maximum absolute atomic E-state index is 12.6. The highest BCUT2D eigenvalue weighted by atomic mass is 19.4. The van der Waals surface area contributed by atoms with Crippen molar-refractivity contribution < 1.29 is 13.2 Å². The van der Waals surface area contributed by atoms with Gasteiger partial charge in [-0.05, 0) is 19.1 Å². The molecule has 2 N–H and O–H groups in total. The Bertz CT molecular complexity index is 804. The first-order valence-corrected chi connectivity index (χ1v) is 6.63. The Morgan fingerprint density at radius 2 is 1.86 bits per heavy atom. The molecule has 22 heavy (non-hydrogen) atoms. The lowest BCUT2D eigenvalue weighted by Crippen LogP contribution is -2.10. The van der Waals surface area contributed by atoms with E-state index in [0.717, 1.165) is 12.1 Å². The Labute approximate surface area is 124 Å². The lowest BCUT2D eigenvalue weighted by molar-refractivity contribution is -0.137. The second-order valence-corrected chi connectivity index (χ2v) is 5.04. The topological polar surface area (TPSA) is 56.2 Å². The van der Waals surface area contributed by atoms with Gasteiger partial charge in [0.05, 0.1) is 11.3 Å². The predicted molar refractivity (Wildman–Crippen MR) is 76.0 cm³/mol. The Balaban J connectivity index is 2.14. The van der Waals surface area contributed by atoms with Crippen molar-refractivity contribution in [2.75, 3.05) is 0 Å². The zero-order chi connectivity index (χ0) is 15.9. The van der Waals surface area contributed by atoms with E-state index in [4.69, 9.17) is 5.73 Å². The normalized spacial score (nSPS) is 13.5. The van der Waals surface area contributed by atoms with E-state index in [1.54, 1.807) is 29.9 Å². The van der Waals surface area contributed by atoms with Crippen LogP contribution in [0.5, 0.6) is 0 Å². The molecular formula is C15H13F3N4. The minimum absolute atomic E-state index is 0.292. The minimum atomic E-state index is -4.36. The van der Waals surface area contributed by atoms with Gasteiger partial charge in [-0.2, -0.15) is 13.2 Å². The van der Waals surface area contributed by atoms with Gasteiger partial charge in [0, 0.05) is 30.2 Å². The first-order valence-electron chi connectivity index (χ1n) is 6.63. The van der Waals surface area contributed by atoms with E-state index < -0.39 is 11.7 Å². The molecule has 0 aliphatic carbocycles. The number of halogens is 3. The fourth-order valence-electron chi connectivity index (χ4n) is 2.18. The van der Waals surface area contributed by atoms with Gasteiger partial charge in [0.1, 0.15) is 5.69 Å². The molecule has 0 radical (unpaired) electrons. The van der Waals surface area contributed by atoms with E-state index >= 15 is 0 Å². The van der Waals surface area contributed by atoms with Crippen molar-refractivity contribution in [1.29, 1.82) is 0 Å². The Morgan fingerprint density at radius 1 is 1.18 bits per heavy atom. The number of hydrogen-bond acceptors (Lipinski definition) is 3. The quantitative estimate of drug-likeness (QED) is 0.789. The summed E-state index contributed by atoms with van der Waals surface area (Å²) in [6.07, 6.45) is 0.759. The summed E-state index contributed by atoms with van der Waals surface area (Å²) in [5.74, 6) is 0. The lowest BCUT2D eigenvalue weighted by Gasteiger charge is -2.11. The number of hydrogen-bond donors (Lipinski definition) is 1. The molecule has 3 aromatic rings. The molecular weight excluding hydrogens is 293 g/mol. The zero-order valence-electron chi connectivity index (χ0n) is 11.7. The first-order chi connectivity index (χ1) is 10.4. The third-order valence-corrected chi connectivity index (χ3v) is 3.34. The molecule has 0 aliphatic heterocycles. The highest BCUT2D eigenvalue weighted by molar-refractivity contribution is 5.74. The average molecular weight is 306 g/mol. The van der Waals surface area contributed by atoms with Crippen molar-refractivity contribution in [2.24, 2.45) is 5.73 Å². The summed E-state index contributed by atoms with van der Waals surface area (Å²) >= 11 is 0. The average Bonchev–Trinajstić information content (AvgIpc) is 2.93. The summed E-state index contributed by atoms with van der Waals surface area (Å²) in [6, 6.07) is 4.57. The molecule has 114 valence electrons. The molecule has 2 heterocycles. The van der Waals surface area contributed by atoms with Crippen LogP contribution >= 0.6 is 0 Å². The number of fused-ring (bicyclic) bond motifs is 1. The molecule has 2 aromatic heterocycles. The van der Waals surface area contributed by atoms with Crippen LogP contribution in [0.2, 0.25) is 0 Å². The van der Waals surface area contributed by atoms with Crippen LogP contribution in [0.3, 0.4) is 0 Å². The van der Waals surface area contributed by atoms with E-state index in [9.17, 15) is 13.2 Å². The molecule has 0 amide bonds. The summed E-state index contributed by atoms with van der Waals surface area (Å²) in [7, 11) is 0. The maximum atomic E-state index is 12.6. The van der Waals surface area contributed by atoms with Crippen LogP contribution in [0.1, 0.15) is 24.2 Å². The fraction of sp³-hybridized carbons (Fsp3) is 0.200. The van der Waals surface area contributed by atoms with Crippen LogP contribution in [0.4, 0.5) is 13.2 Å². The van der Waals surface area contributed by atoms with Gasteiger partial charge in [-0.3, -0.25) is 0 Å². The van der Waals surface area contributed by atoms with Crippen molar-refractivity contribution in [3.8, 4) is 11.3 Å². The third kappa shape index (κ3) is 2.55. The van der Waals surface area contributed by atoms with Crippen LogP contribution in [-0.4, -0.2) is 14.4 Å². The Hall–Kier alpha value is -2.41. The number of nitrogens with zero attached hydrogens (tertiary/aromatic N) is 3. The van der Waals surface area contributed by atoms with Crippen LogP contribution in [0.15, 0.2) is 42.9 Å². The number of imidazole rings is 1. The molecule has 0 saturated heterocycles. The van der Waals surface area contributed by atoms with Crippen molar-refractivity contribution in [3.05, 3.63) is 54.1 Å². The molecule has 0 fully saturated rings. The van der Waals surface area contributed by atoms with Crippen molar-refractivity contribution in [1.82, 2.24) is 14.4 Å². The molecule has 7 heteroatoms. The Morgan fingerprint density at radius 3 is 2.45 bits per heavy atom. The molecule has 3 rings (SSSR count). The van der Waals surface area contributed by atoms with Crippen LogP contribution in [-0.2, 0) is 6.18 Å². The monoisotopic (exact) mass is 306 g/mol. The summed E-state index contributed by atoms with van der Waals surface area (Å²) in [5.41, 5.74) is 7.44. The van der Waals surface area contributed by atoms with Crippen molar-refractivity contribution >= 4 is 5.65 Å². The van der Waals surface area contributed by atoms with Crippen LogP contribution < -0.4 is 5.73 Å². The summed E-state index contributed by atoms with van der Waals surface area (Å²) in [6.45, 7) is 1.79. The summed E-state index contributed by atoms with van der Waals surface area (Å²) in [5, 5.41) is 0. The SMILES string of the molecule is CC(N)c1cn2ccnc2c(-c2ccc(C(F)(F)F)cc2)n1. The molecule has 0 aliphatic rings. The summed E-state index contributed by atoms with van der Waals surface area (Å²) < 4.78 is 39.7. The van der Waals surface area contributed by atoms with E-state index in [2.05, 4.69) is 9.97 Å². The highest BCUT2D eigenvalue weighted by Crippen LogP contribution is 2.31. The smallest absolute Gasteiger partial charge is 0.323 e. The second-order valence-electron chi connectivity index (χ2n) is 5.04. The molecule has 4 nitrogen and oxygen atoms in total. The van der Waals surface area contributed by atoms with Gasteiger partial charge in [0.25, 0.3) is 0 Å². The second kappa shape index (κ2) is 5.10.